The van der Waals surface area contributed by atoms with Gasteiger partial charge in [0.1, 0.15) is 5.60 Å². The van der Waals surface area contributed by atoms with Gasteiger partial charge in [0.15, 0.2) is 8.32 Å². The smallest absolute Gasteiger partial charge is 0.192 e. The predicted octanol–water partition coefficient (Wildman–Crippen LogP) is 6.46. The highest BCUT2D eigenvalue weighted by atomic mass is 28.4. The van der Waals surface area contributed by atoms with Gasteiger partial charge in [0, 0.05) is 17.9 Å². The van der Waals surface area contributed by atoms with Crippen LogP contribution in [0.1, 0.15) is 86.5 Å². The summed E-state index contributed by atoms with van der Waals surface area (Å²) in [6, 6.07) is 0. The Hall–Kier alpha value is -0.563. The van der Waals surface area contributed by atoms with Crippen LogP contribution in [0.15, 0.2) is 11.6 Å². The minimum Gasteiger partial charge on any atom is -0.414 e. The van der Waals surface area contributed by atoms with E-state index in [2.05, 4.69) is 58.7 Å². The topological polar surface area (TPSA) is 29.5 Å². The average Bonchev–Trinajstić information content (AvgIpc) is 3.19. The molecule has 0 aromatic rings. The summed E-state index contributed by atoms with van der Waals surface area (Å²) in [4.78, 5) is 0. The van der Waals surface area contributed by atoms with Gasteiger partial charge in [-0.25, -0.2) is 0 Å². The fourth-order valence-electron chi connectivity index (χ4n) is 5.33. The molecule has 2 saturated carbocycles. The maximum Gasteiger partial charge on any atom is 0.192 e. The highest BCUT2D eigenvalue weighted by molar-refractivity contribution is 6.74. The lowest BCUT2D eigenvalue weighted by Crippen LogP contribution is -2.49. The van der Waals surface area contributed by atoms with Crippen LogP contribution in [0, 0.1) is 28.6 Å². The van der Waals surface area contributed by atoms with E-state index in [1.807, 2.05) is 0 Å². The van der Waals surface area contributed by atoms with Crippen molar-refractivity contribution in [2.75, 3.05) is 0 Å². The summed E-state index contributed by atoms with van der Waals surface area (Å²) in [6.07, 6.45) is 11.4. The van der Waals surface area contributed by atoms with E-state index in [4.69, 9.17) is 4.43 Å². The van der Waals surface area contributed by atoms with E-state index in [-0.39, 0.29) is 15.9 Å². The molecular formula is C25H42O2Si. The number of fused-ring (bicyclic) bond motifs is 1. The molecule has 3 atom stereocenters. The van der Waals surface area contributed by atoms with Crippen LogP contribution in [0.5, 0.6) is 0 Å². The summed E-state index contributed by atoms with van der Waals surface area (Å²) in [6.45, 7) is 17.9. The molecule has 1 N–H and O–H groups in total. The fraction of sp³-hybridized carbons (Fsp3) is 0.840. The van der Waals surface area contributed by atoms with Gasteiger partial charge in [-0.2, -0.15) is 0 Å². The highest BCUT2D eigenvalue weighted by Crippen LogP contribution is 2.67. The minimum atomic E-state index is -1.75. The largest absolute Gasteiger partial charge is 0.414 e. The van der Waals surface area contributed by atoms with Gasteiger partial charge in [-0.05, 0) is 75.4 Å². The molecule has 0 heterocycles. The van der Waals surface area contributed by atoms with Crippen molar-refractivity contribution in [2.24, 2.45) is 16.7 Å². The van der Waals surface area contributed by atoms with Crippen LogP contribution in [-0.2, 0) is 4.43 Å². The molecule has 2 fully saturated rings. The SMILES string of the molecule is CC(C)(O)C#CCC1(C2=CCC3C(O[Si](C)(C)C(C)(C)C)CCCC23C)CC1. The standard InChI is InChI=1S/C25H42O2Si/c1-22(2,3)28(7,8)27-20-11-9-15-24(6)19(20)12-13-21(24)25(17-18-25)16-10-14-23(4,5)26/h13,19-20,26H,9,11-12,15-18H2,1-8H3. The van der Waals surface area contributed by atoms with E-state index in [1.54, 1.807) is 19.4 Å². The Balaban J connectivity index is 1.77. The van der Waals surface area contributed by atoms with Crippen LogP contribution < -0.4 is 0 Å². The zero-order valence-corrected chi connectivity index (χ0v) is 20.5. The monoisotopic (exact) mass is 402 g/mol. The van der Waals surface area contributed by atoms with E-state index < -0.39 is 13.9 Å². The summed E-state index contributed by atoms with van der Waals surface area (Å²) in [7, 11) is -1.75. The number of hydrogen-bond donors (Lipinski definition) is 1. The first-order valence-electron chi connectivity index (χ1n) is 11.3. The van der Waals surface area contributed by atoms with E-state index in [0.29, 0.717) is 12.0 Å². The molecule has 3 rings (SSSR count). The van der Waals surface area contributed by atoms with E-state index in [1.165, 1.54) is 38.5 Å². The summed E-state index contributed by atoms with van der Waals surface area (Å²) in [5.74, 6) is 6.99. The molecular weight excluding hydrogens is 360 g/mol. The molecule has 0 saturated heterocycles. The van der Waals surface area contributed by atoms with Crippen molar-refractivity contribution < 1.29 is 9.53 Å². The summed E-state index contributed by atoms with van der Waals surface area (Å²) in [5.41, 5.74) is 1.34. The molecule has 158 valence electrons. The van der Waals surface area contributed by atoms with Crippen molar-refractivity contribution >= 4 is 8.32 Å². The first-order chi connectivity index (χ1) is 12.7. The Labute approximate surface area is 174 Å². The highest BCUT2D eigenvalue weighted by Gasteiger charge is 2.58. The van der Waals surface area contributed by atoms with Crippen molar-refractivity contribution in [3.63, 3.8) is 0 Å². The third kappa shape index (κ3) is 4.16. The molecule has 0 amide bonds. The van der Waals surface area contributed by atoms with Gasteiger partial charge in [-0.1, -0.05) is 57.6 Å². The number of hydrogen-bond acceptors (Lipinski definition) is 2. The molecule has 3 aliphatic carbocycles. The Kier molecular flexibility index (Phi) is 5.53. The van der Waals surface area contributed by atoms with Gasteiger partial charge in [-0.15, -0.1) is 0 Å². The second-order valence-corrected chi connectivity index (χ2v) is 16.8. The van der Waals surface area contributed by atoms with Gasteiger partial charge < -0.3 is 9.53 Å². The average molecular weight is 403 g/mol. The summed E-state index contributed by atoms with van der Waals surface area (Å²) in [5, 5.41) is 10.2. The maximum atomic E-state index is 9.95. The maximum absolute atomic E-state index is 9.95. The van der Waals surface area contributed by atoms with Gasteiger partial charge in [0.2, 0.25) is 0 Å². The second kappa shape index (κ2) is 7.00. The van der Waals surface area contributed by atoms with Gasteiger partial charge in [-0.3, -0.25) is 0 Å². The molecule has 0 spiro atoms. The van der Waals surface area contributed by atoms with Crippen LogP contribution in [0.3, 0.4) is 0 Å². The molecule has 3 unspecified atom stereocenters. The van der Waals surface area contributed by atoms with Crippen molar-refractivity contribution in [1.82, 2.24) is 0 Å². The Morgan fingerprint density at radius 3 is 2.36 bits per heavy atom. The molecule has 2 nitrogen and oxygen atoms in total. The summed E-state index contributed by atoms with van der Waals surface area (Å²) >= 11 is 0. The van der Waals surface area contributed by atoms with Crippen molar-refractivity contribution in [1.29, 1.82) is 0 Å². The lowest BCUT2D eigenvalue weighted by molar-refractivity contribution is 0.0150. The van der Waals surface area contributed by atoms with E-state index >= 15 is 0 Å². The third-order valence-corrected chi connectivity index (χ3v) is 12.6. The number of aliphatic hydroxyl groups is 1. The molecule has 3 heteroatoms. The number of rotatable bonds is 4. The molecule has 3 aliphatic rings. The second-order valence-electron chi connectivity index (χ2n) is 12.0. The molecule has 0 aromatic heterocycles. The van der Waals surface area contributed by atoms with Crippen molar-refractivity contribution in [3.8, 4) is 11.8 Å². The lowest BCUT2D eigenvalue weighted by atomic mass is 9.62. The van der Waals surface area contributed by atoms with Crippen LogP contribution in [0.2, 0.25) is 18.1 Å². The molecule has 0 radical (unpaired) electrons. The van der Waals surface area contributed by atoms with Crippen LogP contribution in [0.4, 0.5) is 0 Å². The van der Waals surface area contributed by atoms with Crippen molar-refractivity contribution in [2.45, 2.75) is 116 Å². The van der Waals surface area contributed by atoms with Crippen molar-refractivity contribution in [3.05, 3.63) is 11.6 Å². The van der Waals surface area contributed by atoms with Gasteiger partial charge in [0.25, 0.3) is 0 Å². The van der Waals surface area contributed by atoms with Gasteiger partial charge >= 0.3 is 0 Å². The predicted molar refractivity (Wildman–Crippen MR) is 121 cm³/mol. The third-order valence-electron chi connectivity index (χ3n) is 8.14. The first kappa shape index (κ1) is 22.1. The number of allylic oxidation sites excluding steroid dienone is 2. The molecule has 28 heavy (non-hydrogen) atoms. The zero-order valence-electron chi connectivity index (χ0n) is 19.5. The molecule has 0 aromatic carbocycles. The zero-order chi connectivity index (χ0) is 21.0. The van der Waals surface area contributed by atoms with E-state index in [9.17, 15) is 5.11 Å². The van der Waals surface area contributed by atoms with E-state index in [0.717, 1.165) is 6.42 Å². The van der Waals surface area contributed by atoms with Crippen LogP contribution >= 0.6 is 0 Å². The minimum absolute atomic E-state index is 0.264. The lowest BCUT2D eigenvalue weighted by Gasteiger charge is -2.49. The Bertz CT molecular complexity index is 691. The summed E-state index contributed by atoms with van der Waals surface area (Å²) < 4.78 is 6.97. The Morgan fingerprint density at radius 1 is 1.18 bits per heavy atom. The van der Waals surface area contributed by atoms with Crippen LogP contribution in [-0.4, -0.2) is 25.1 Å². The normalized spacial score (nSPS) is 32.2. The Morgan fingerprint density at radius 2 is 1.82 bits per heavy atom. The van der Waals surface area contributed by atoms with Gasteiger partial charge in [0.05, 0.1) is 0 Å². The first-order valence-corrected chi connectivity index (χ1v) is 14.2. The van der Waals surface area contributed by atoms with Crippen LogP contribution in [0.25, 0.3) is 0 Å². The molecule has 0 bridgehead atoms. The molecule has 0 aliphatic heterocycles. The quantitative estimate of drug-likeness (QED) is 0.332. The fourth-order valence-corrected chi connectivity index (χ4v) is 6.72.